The molecule has 0 radical (unpaired) electrons. The van der Waals surface area contributed by atoms with Crippen molar-refractivity contribution in [3.63, 3.8) is 0 Å². The molecule has 0 aliphatic heterocycles. The van der Waals surface area contributed by atoms with Crippen molar-refractivity contribution in [2.75, 3.05) is 10.6 Å². The van der Waals surface area contributed by atoms with Crippen molar-refractivity contribution in [1.29, 1.82) is 0 Å². The molecule has 0 atom stereocenters. The Bertz CT molecular complexity index is 724. The van der Waals surface area contributed by atoms with E-state index in [-0.39, 0.29) is 0 Å². The predicted octanol–water partition coefficient (Wildman–Crippen LogP) is 5.86. The van der Waals surface area contributed by atoms with E-state index in [0.29, 0.717) is 0 Å². The Labute approximate surface area is 144 Å². The summed E-state index contributed by atoms with van der Waals surface area (Å²) in [7, 11) is 0. The van der Waals surface area contributed by atoms with Crippen LogP contribution in [0.4, 0.5) is 22.7 Å². The van der Waals surface area contributed by atoms with Crippen molar-refractivity contribution in [3.8, 4) is 0 Å². The number of aryl methyl sites for hydroxylation is 2. The molecule has 122 valence electrons. The molecule has 0 aromatic heterocycles. The monoisotopic (exact) mass is 316 g/mol. The number of rotatable bonds is 5. The van der Waals surface area contributed by atoms with Crippen LogP contribution in [0.1, 0.15) is 25.0 Å². The van der Waals surface area contributed by atoms with Crippen LogP contribution in [0, 0.1) is 0 Å². The van der Waals surface area contributed by atoms with E-state index in [4.69, 9.17) is 5.73 Å². The van der Waals surface area contributed by atoms with Crippen LogP contribution >= 0.6 is 0 Å². The molecule has 0 bridgehead atoms. The van der Waals surface area contributed by atoms with Crippen molar-refractivity contribution < 1.29 is 0 Å². The van der Waals surface area contributed by atoms with Gasteiger partial charge < -0.3 is 10.6 Å². The summed E-state index contributed by atoms with van der Waals surface area (Å²) < 4.78 is 0. The minimum absolute atomic E-state index is 0.779. The number of nitrogens with two attached hydrogens (primary N) is 1. The number of hydrogen-bond acceptors (Lipinski definition) is 2. The summed E-state index contributed by atoms with van der Waals surface area (Å²) >= 11 is 0. The van der Waals surface area contributed by atoms with Gasteiger partial charge in [0, 0.05) is 22.7 Å². The van der Waals surface area contributed by atoms with Gasteiger partial charge in [-0.05, 0) is 72.5 Å². The van der Waals surface area contributed by atoms with E-state index < -0.39 is 0 Å². The predicted molar refractivity (Wildman–Crippen MR) is 104 cm³/mol. The van der Waals surface area contributed by atoms with Crippen LogP contribution in [0.5, 0.6) is 0 Å². The van der Waals surface area contributed by atoms with Gasteiger partial charge in [-0.15, -0.1) is 0 Å². The van der Waals surface area contributed by atoms with E-state index in [1.165, 1.54) is 11.1 Å². The summed E-state index contributed by atoms with van der Waals surface area (Å²) in [6.45, 7) is 4.35. The van der Waals surface area contributed by atoms with Crippen LogP contribution in [0.3, 0.4) is 0 Å². The van der Waals surface area contributed by atoms with Gasteiger partial charge in [0.2, 0.25) is 0 Å². The second-order valence-corrected chi connectivity index (χ2v) is 5.97. The summed E-state index contributed by atoms with van der Waals surface area (Å²) in [4.78, 5) is 2.26. The van der Waals surface area contributed by atoms with E-state index in [0.717, 1.165) is 35.6 Å². The van der Waals surface area contributed by atoms with Crippen molar-refractivity contribution in [2.45, 2.75) is 26.7 Å². The lowest BCUT2D eigenvalue weighted by molar-refractivity contribution is 1.13. The third-order valence-electron chi connectivity index (χ3n) is 4.36. The summed E-state index contributed by atoms with van der Waals surface area (Å²) in [5.41, 5.74) is 12.7. The molecule has 0 unspecified atom stereocenters. The number of hydrogen-bond donors (Lipinski definition) is 1. The molecule has 3 aromatic carbocycles. The summed E-state index contributed by atoms with van der Waals surface area (Å²) in [5, 5.41) is 0. The second-order valence-electron chi connectivity index (χ2n) is 5.97. The van der Waals surface area contributed by atoms with Gasteiger partial charge in [0.05, 0.1) is 0 Å². The highest BCUT2D eigenvalue weighted by molar-refractivity contribution is 5.77. The Kier molecular flexibility index (Phi) is 4.85. The Morgan fingerprint density at radius 2 is 0.917 bits per heavy atom. The summed E-state index contributed by atoms with van der Waals surface area (Å²) in [6, 6.07) is 25.5. The molecule has 3 aromatic rings. The van der Waals surface area contributed by atoms with Crippen molar-refractivity contribution in [2.24, 2.45) is 0 Å². The Morgan fingerprint density at radius 3 is 1.25 bits per heavy atom. The van der Waals surface area contributed by atoms with Crippen LogP contribution in [-0.2, 0) is 12.8 Å². The zero-order valence-corrected chi connectivity index (χ0v) is 14.4. The fraction of sp³-hybridized carbons (Fsp3) is 0.182. The molecule has 0 amide bonds. The van der Waals surface area contributed by atoms with Crippen LogP contribution in [0.25, 0.3) is 0 Å². The van der Waals surface area contributed by atoms with Crippen LogP contribution in [-0.4, -0.2) is 0 Å². The molecule has 0 fully saturated rings. The third-order valence-corrected chi connectivity index (χ3v) is 4.36. The van der Waals surface area contributed by atoms with Gasteiger partial charge in [-0.2, -0.15) is 0 Å². The standard InChI is InChI=1S/C22H24N2/c1-3-17-5-11-20(12-6-17)24(22-15-9-19(23)10-16-22)21-13-7-18(4-2)8-14-21/h5-16H,3-4,23H2,1-2H3. The first-order chi connectivity index (χ1) is 11.7. The second kappa shape index (κ2) is 7.22. The van der Waals surface area contributed by atoms with Crippen molar-refractivity contribution in [3.05, 3.63) is 83.9 Å². The topological polar surface area (TPSA) is 29.3 Å². The Hall–Kier alpha value is -2.74. The van der Waals surface area contributed by atoms with Gasteiger partial charge in [-0.1, -0.05) is 38.1 Å². The number of nitrogen functional groups attached to an aromatic ring is 1. The molecular weight excluding hydrogens is 292 g/mol. The normalized spacial score (nSPS) is 10.6. The first-order valence-corrected chi connectivity index (χ1v) is 8.54. The third kappa shape index (κ3) is 3.43. The maximum Gasteiger partial charge on any atom is 0.0463 e. The van der Waals surface area contributed by atoms with E-state index in [1.54, 1.807) is 0 Å². The van der Waals surface area contributed by atoms with Crippen LogP contribution < -0.4 is 10.6 Å². The minimum Gasteiger partial charge on any atom is -0.399 e. The number of anilines is 4. The highest BCUT2D eigenvalue weighted by Gasteiger charge is 2.12. The summed E-state index contributed by atoms with van der Waals surface area (Å²) in [5.74, 6) is 0. The summed E-state index contributed by atoms with van der Waals surface area (Å²) in [6.07, 6.45) is 2.10. The first-order valence-electron chi connectivity index (χ1n) is 8.54. The first kappa shape index (κ1) is 16.1. The molecule has 0 aliphatic carbocycles. The Balaban J connectivity index is 2.06. The smallest absolute Gasteiger partial charge is 0.0463 e. The molecule has 0 heterocycles. The van der Waals surface area contributed by atoms with Gasteiger partial charge in [0.1, 0.15) is 0 Å². The quantitative estimate of drug-likeness (QED) is 0.597. The average molecular weight is 316 g/mol. The molecule has 24 heavy (non-hydrogen) atoms. The van der Waals surface area contributed by atoms with Crippen LogP contribution in [0.15, 0.2) is 72.8 Å². The highest BCUT2D eigenvalue weighted by Crippen LogP contribution is 2.35. The van der Waals surface area contributed by atoms with Gasteiger partial charge >= 0.3 is 0 Å². The molecule has 2 heteroatoms. The SMILES string of the molecule is CCc1ccc(N(c2ccc(N)cc2)c2ccc(CC)cc2)cc1. The molecule has 2 nitrogen and oxygen atoms in total. The Morgan fingerprint density at radius 1 is 0.583 bits per heavy atom. The molecule has 0 saturated carbocycles. The van der Waals surface area contributed by atoms with Crippen molar-refractivity contribution in [1.82, 2.24) is 0 Å². The van der Waals surface area contributed by atoms with E-state index >= 15 is 0 Å². The number of nitrogens with zero attached hydrogens (tertiary/aromatic N) is 1. The zero-order valence-electron chi connectivity index (χ0n) is 14.4. The van der Waals surface area contributed by atoms with Gasteiger partial charge in [0.25, 0.3) is 0 Å². The molecule has 0 aliphatic rings. The van der Waals surface area contributed by atoms with E-state index in [1.807, 2.05) is 12.1 Å². The molecule has 0 spiro atoms. The number of benzene rings is 3. The van der Waals surface area contributed by atoms with Crippen LogP contribution in [0.2, 0.25) is 0 Å². The lowest BCUT2D eigenvalue weighted by Gasteiger charge is -2.26. The highest BCUT2D eigenvalue weighted by atomic mass is 15.1. The molecule has 2 N–H and O–H groups in total. The maximum atomic E-state index is 5.86. The fourth-order valence-corrected chi connectivity index (χ4v) is 2.83. The van der Waals surface area contributed by atoms with Gasteiger partial charge in [0.15, 0.2) is 0 Å². The fourth-order valence-electron chi connectivity index (χ4n) is 2.83. The van der Waals surface area contributed by atoms with Gasteiger partial charge in [-0.3, -0.25) is 0 Å². The van der Waals surface area contributed by atoms with Crippen molar-refractivity contribution >= 4 is 22.7 Å². The van der Waals surface area contributed by atoms with Gasteiger partial charge in [-0.25, -0.2) is 0 Å². The lowest BCUT2D eigenvalue weighted by Crippen LogP contribution is -2.10. The van der Waals surface area contributed by atoms with E-state index in [9.17, 15) is 0 Å². The average Bonchev–Trinajstić information content (AvgIpc) is 2.64. The molecule has 0 saturated heterocycles. The lowest BCUT2D eigenvalue weighted by atomic mass is 10.1. The minimum atomic E-state index is 0.779. The molecule has 3 rings (SSSR count). The molecular formula is C22H24N2. The zero-order chi connectivity index (χ0) is 16.9. The van der Waals surface area contributed by atoms with E-state index in [2.05, 4.69) is 79.4 Å². The largest absolute Gasteiger partial charge is 0.399 e. The maximum absolute atomic E-state index is 5.86.